The summed E-state index contributed by atoms with van der Waals surface area (Å²) in [6.07, 6.45) is 6.09. The molecule has 1 aromatic rings. The highest BCUT2D eigenvalue weighted by atomic mass is 32.2. The van der Waals surface area contributed by atoms with Gasteiger partial charge in [0.1, 0.15) is 0 Å². The molecule has 1 amide bonds. The summed E-state index contributed by atoms with van der Waals surface area (Å²) in [4.78, 5) is 12.2. The second-order valence-corrected chi connectivity index (χ2v) is 8.82. The van der Waals surface area contributed by atoms with Gasteiger partial charge in [-0.1, -0.05) is 32.8 Å². The molecular formula is C17H28N2O3S. The van der Waals surface area contributed by atoms with E-state index in [0.717, 1.165) is 12.8 Å². The van der Waals surface area contributed by atoms with Gasteiger partial charge >= 0.3 is 0 Å². The number of anilines is 1. The van der Waals surface area contributed by atoms with Crippen LogP contribution in [0.2, 0.25) is 0 Å². The largest absolute Gasteiger partial charge is 0.389 e. The number of aliphatic hydroxyl groups is 1. The molecule has 1 aromatic carbocycles. The Bertz CT molecular complexity index is 635. The van der Waals surface area contributed by atoms with Crippen molar-refractivity contribution in [1.29, 1.82) is 0 Å². The monoisotopic (exact) mass is 340 g/mol. The Morgan fingerprint density at radius 2 is 1.87 bits per heavy atom. The van der Waals surface area contributed by atoms with Crippen LogP contribution < -0.4 is 5.32 Å². The molecule has 6 heteroatoms. The fourth-order valence-corrected chi connectivity index (χ4v) is 3.25. The van der Waals surface area contributed by atoms with E-state index in [0.29, 0.717) is 24.2 Å². The van der Waals surface area contributed by atoms with Crippen LogP contribution in [0.3, 0.4) is 0 Å². The van der Waals surface area contributed by atoms with Crippen molar-refractivity contribution in [3.8, 4) is 0 Å². The van der Waals surface area contributed by atoms with Crippen LogP contribution in [-0.2, 0) is 14.5 Å². The lowest BCUT2D eigenvalue weighted by molar-refractivity contribution is -0.121. The van der Waals surface area contributed by atoms with Crippen molar-refractivity contribution in [1.82, 2.24) is 0 Å². The average Bonchev–Trinajstić information content (AvgIpc) is 2.36. The van der Waals surface area contributed by atoms with Gasteiger partial charge in [0.25, 0.3) is 0 Å². The lowest BCUT2D eigenvalue weighted by atomic mass is 9.89. The first-order chi connectivity index (χ1) is 10.7. The van der Waals surface area contributed by atoms with Gasteiger partial charge in [-0.3, -0.25) is 4.79 Å². The molecule has 0 radical (unpaired) electrons. The van der Waals surface area contributed by atoms with Crippen LogP contribution >= 0.6 is 0 Å². The van der Waals surface area contributed by atoms with Crippen molar-refractivity contribution < 1.29 is 14.1 Å². The zero-order chi connectivity index (χ0) is 17.5. The predicted octanol–water partition coefficient (Wildman–Crippen LogP) is 3.71. The van der Waals surface area contributed by atoms with E-state index in [4.69, 9.17) is 0 Å². The van der Waals surface area contributed by atoms with Crippen LogP contribution in [0.15, 0.2) is 28.6 Å². The normalized spacial score (nSPS) is 12.0. The number of benzene rings is 1. The van der Waals surface area contributed by atoms with Crippen LogP contribution in [-0.4, -0.2) is 33.3 Å². The van der Waals surface area contributed by atoms with Crippen LogP contribution in [0.5, 0.6) is 0 Å². The summed E-state index contributed by atoms with van der Waals surface area (Å²) in [7, 11) is -2.24. The molecule has 0 aliphatic carbocycles. The van der Waals surface area contributed by atoms with Crippen molar-refractivity contribution in [2.45, 2.75) is 51.6 Å². The highest BCUT2D eigenvalue weighted by Gasteiger charge is 2.28. The van der Waals surface area contributed by atoms with E-state index in [1.54, 1.807) is 36.8 Å². The highest BCUT2D eigenvalue weighted by Crippen LogP contribution is 2.25. The summed E-state index contributed by atoms with van der Waals surface area (Å²) < 4.78 is 15.9. The van der Waals surface area contributed by atoms with Crippen molar-refractivity contribution in [2.24, 2.45) is 4.36 Å². The minimum atomic E-state index is -2.24. The number of rotatable bonds is 8. The smallest absolute Gasteiger partial charge is 0.227 e. The molecule has 0 saturated heterocycles. The SMILES string of the molecule is CCCC(O)(CCC)CC(=O)Nc1cccc(N=S(C)(C)=O)c1. The van der Waals surface area contributed by atoms with E-state index in [-0.39, 0.29) is 12.3 Å². The number of amides is 1. The van der Waals surface area contributed by atoms with Gasteiger partial charge in [0.05, 0.1) is 17.7 Å². The minimum absolute atomic E-state index is 0.0777. The van der Waals surface area contributed by atoms with Gasteiger partial charge in [-0.05, 0) is 31.0 Å². The summed E-state index contributed by atoms with van der Waals surface area (Å²) >= 11 is 0. The molecule has 23 heavy (non-hydrogen) atoms. The van der Waals surface area contributed by atoms with Crippen LogP contribution in [0.1, 0.15) is 46.0 Å². The van der Waals surface area contributed by atoms with Gasteiger partial charge in [-0.25, -0.2) is 4.21 Å². The molecule has 0 saturated carbocycles. The minimum Gasteiger partial charge on any atom is -0.389 e. The summed E-state index contributed by atoms with van der Waals surface area (Å²) in [6.45, 7) is 3.99. The van der Waals surface area contributed by atoms with Gasteiger partial charge in [0, 0.05) is 27.9 Å². The summed E-state index contributed by atoms with van der Waals surface area (Å²) in [6, 6.07) is 6.93. The first kappa shape index (κ1) is 19.6. The Morgan fingerprint density at radius 3 is 2.39 bits per heavy atom. The fraction of sp³-hybridized carbons (Fsp3) is 0.588. The highest BCUT2D eigenvalue weighted by molar-refractivity contribution is 7.92. The summed E-state index contributed by atoms with van der Waals surface area (Å²) in [5.41, 5.74) is 0.210. The van der Waals surface area contributed by atoms with Gasteiger partial charge in [0.2, 0.25) is 5.91 Å². The summed E-state index contributed by atoms with van der Waals surface area (Å²) in [5.74, 6) is -0.222. The Hall–Kier alpha value is -1.40. The van der Waals surface area contributed by atoms with Crippen molar-refractivity contribution in [3.05, 3.63) is 24.3 Å². The maximum Gasteiger partial charge on any atom is 0.227 e. The van der Waals surface area contributed by atoms with E-state index in [1.807, 2.05) is 13.8 Å². The van der Waals surface area contributed by atoms with Gasteiger partial charge < -0.3 is 10.4 Å². The molecule has 0 heterocycles. The van der Waals surface area contributed by atoms with Gasteiger partial charge in [0.15, 0.2) is 0 Å². The number of carbonyl (C=O) groups is 1. The maximum absolute atomic E-state index is 12.2. The van der Waals surface area contributed by atoms with E-state index in [9.17, 15) is 14.1 Å². The second kappa shape index (κ2) is 8.45. The van der Waals surface area contributed by atoms with Crippen molar-refractivity contribution in [3.63, 3.8) is 0 Å². The van der Waals surface area contributed by atoms with E-state index in [1.165, 1.54) is 0 Å². The molecule has 0 atom stereocenters. The maximum atomic E-state index is 12.2. The van der Waals surface area contributed by atoms with Crippen molar-refractivity contribution in [2.75, 3.05) is 17.8 Å². The third-order valence-corrected chi connectivity index (χ3v) is 4.03. The summed E-state index contributed by atoms with van der Waals surface area (Å²) in [5, 5.41) is 13.3. The lowest BCUT2D eigenvalue weighted by Crippen LogP contribution is -2.33. The standard InChI is InChI=1S/C17H28N2O3S/c1-5-10-17(21,11-6-2)13-16(20)18-14-8-7-9-15(12-14)19-23(3,4)22/h7-9,12,21H,5-6,10-11,13H2,1-4H3,(H,18,20). The molecule has 0 aliphatic rings. The first-order valence-electron chi connectivity index (χ1n) is 7.97. The lowest BCUT2D eigenvalue weighted by Gasteiger charge is -2.26. The van der Waals surface area contributed by atoms with Crippen molar-refractivity contribution >= 4 is 27.0 Å². The van der Waals surface area contributed by atoms with Gasteiger partial charge in [-0.15, -0.1) is 0 Å². The molecule has 5 nitrogen and oxygen atoms in total. The molecule has 1 rings (SSSR count). The second-order valence-electron chi connectivity index (χ2n) is 6.27. The quantitative estimate of drug-likeness (QED) is 0.757. The van der Waals surface area contributed by atoms with Crippen LogP contribution in [0, 0.1) is 0 Å². The number of hydrogen-bond acceptors (Lipinski definition) is 4. The molecule has 0 aromatic heterocycles. The van der Waals surface area contributed by atoms with E-state index >= 15 is 0 Å². The zero-order valence-electron chi connectivity index (χ0n) is 14.5. The fourth-order valence-electron chi connectivity index (χ4n) is 2.63. The molecule has 0 bridgehead atoms. The number of carbonyl (C=O) groups excluding carboxylic acids is 1. The Labute approximate surface area is 139 Å². The first-order valence-corrected chi connectivity index (χ1v) is 10.3. The number of nitrogens with one attached hydrogen (secondary N) is 1. The molecule has 2 N–H and O–H groups in total. The third kappa shape index (κ3) is 7.61. The van der Waals surface area contributed by atoms with Gasteiger partial charge in [-0.2, -0.15) is 4.36 Å². The Kier molecular flexibility index (Phi) is 7.22. The third-order valence-electron chi connectivity index (χ3n) is 3.38. The average molecular weight is 340 g/mol. The number of nitrogens with zero attached hydrogens (tertiary/aromatic N) is 1. The molecule has 0 aliphatic heterocycles. The molecule has 0 unspecified atom stereocenters. The zero-order valence-corrected chi connectivity index (χ0v) is 15.3. The topological polar surface area (TPSA) is 78.8 Å². The van der Waals surface area contributed by atoms with Crippen LogP contribution in [0.25, 0.3) is 0 Å². The number of hydrogen-bond donors (Lipinski definition) is 2. The van der Waals surface area contributed by atoms with Crippen LogP contribution in [0.4, 0.5) is 11.4 Å². The Balaban J connectivity index is 2.81. The molecule has 130 valence electrons. The molecular weight excluding hydrogens is 312 g/mol. The van der Waals surface area contributed by atoms with E-state index in [2.05, 4.69) is 9.68 Å². The molecule has 0 spiro atoms. The Morgan fingerprint density at radius 1 is 1.26 bits per heavy atom. The van der Waals surface area contributed by atoms with E-state index < -0.39 is 15.3 Å². The predicted molar refractivity (Wildman–Crippen MR) is 96.5 cm³/mol. The molecule has 0 fully saturated rings.